The predicted molar refractivity (Wildman–Crippen MR) is 82.0 cm³/mol. The molecule has 2 amide bonds. The Morgan fingerprint density at radius 3 is 2.38 bits per heavy atom. The van der Waals surface area contributed by atoms with Crippen molar-refractivity contribution < 1.29 is 14.7 Å². The number of carbonyl (C=O) groups excluding carboxylic acids is 2. The molecule has 0 aliphatic carbocycles. The maximum absolute atomic E-state index is 11.6. The van der Waals surface area contributed by atoms with Crippen LogP contribution in [0, 0.1) is 0 Å². The number of thiophene rings is 1. The second-order valence-corrected chi connectivity index (χ2v) is 5.23. The van der Waals surface area contributed by atoms with Crippen LogP contribution in [0.1, 0.15) is 11.1 Å². The molecule has 0 fully saturated rings. The van der Waals surface area contributed by atoms with Gasteiger partial charge in [-0.15, -0.1) is 0 Å². The molecule has 3 N–H and O–H groups in total. The standard InChI is InChI=1S/C15H16N2O3S/c18-9-12-3-1-11(2-4-12)5-7-16-14(19)15(20)17-13-6-8-21-10-13/h1-4,6,8,10,18H,5,7,9H2,(H,16,19)(H,17,20). The summed E-state index contributed by atoms with van der Waals surface area (Å²) < 4.78 is 0. The van der Waals surface area contributed by atoms with Crippen LogP contribution in [0.25, 0.3) is 0 Å². The van der Waals surface area contributed by atoms with Crippen molar-refractivity contribution in [3.63, 3.8) is 0 Å². The van der Waals surface area contributed by atoms with Gasteiger partial charge in [-0.05, 0) is 29.0 Å². The summed E-state index contributed by atoms with van der Waals surface area (Å²) in [6.45, 7) is 0.397. The molecular formula is C15H16N2O3S. The second-order valence-electron chi connectivity index (χ2n) is 4.45. The van der Waals surface area contributed by atoms with Gasteiger partial charge in [0.25, 0.3) is 0 Å². The lowest BCUT2D eigenvalue weighted by atomic mass is 10.1. The second kappa shape index (κ2) is 7.56. The Morgan fingerprint density at radius 1 is 1.05 bits per heavy atom. The average molecular weight is 304 g/mol. The first-order valence-electron chi connectivity index (χ1n) is 6.49. The van der Waals surface area contributed by atoms with Crippen LogP contribution in [0.2, 0.25) is 0 Å². The van der Waals surface area contributed by atoms with Gasteiger partial charge in [-0.1, -0.05) is 24.3 Å². The van der Waals surface area contributed by atoms with Crippen molar-refractivity contribution in [3.8, 4) is 0 Å². The molecule has 110 valence electrons. The van der Waals surface area contributed by atoms with E-state index in [1.807, 2.05) is 29.6 Å². The van der Waals surface area contributed by atoms with E-state index in [1.165, 1.54) is 11.3 Å². The van der Waals surface area contributed by atoms with Crippen LogP contribution < -0.4 is 10.6 Å². The lowest BCUT2D eigenvalue weighted by Crippen LogP contribution is -2.36. The Kier molecular flexibility index (Phi) is 5.48. The van der Waals surface area contributed by atoms with Crippen molar-refractivity contribution in [2.75, 3.05) is 11.9 Å². The van der Waals surface area contributed by atoms with Crippen LogP contribution in [0.15, 0.2) is 41.1 Å². The van der Waals surface area contributed by atoms with Gasteiger partial charge in [0, 0.05) is 11.9 Å². The molecule has 0 bridgehead atoms. The SMILES string of the molecule is O=C(NCCc1ccc(CO)cc1)C(=O)Nc1ccsc1. The Hall–Kier alpha value is -2.18. The maximum Gasteiger partial charge on any atom is 0.313 e. The molecule has 1 aromatic heterocycles. The van der Waals surface area contributed by atoms with Crippen molar-refractivity contribution in [2.24, 2.45) is 0 Å². The summed E-state index contributed by atoms with van der Waals surface area (Å²) >= 11 is 1.45. The number of aliphatic hydroxyl groups excluding tert-OH is 1. The molecule has 0 radical (unpaired) electrons. The van der Waals surface area contributed by atoms with E-state index in [-0.39, 0.29) is 6.61 Å². The molecule has 1 heterocycles. The predicted octanol–water partition coefficient (Wildman–Crippen LogP) is 1.54. The number of benzene rings is 1. The van der Waals surface area contributed by atoms with E-state index in [2.05, 4.69) is 10.6 Å². The Morgan fingerprint density at radius 2 is 1.76 bits per heavy atom. The van der Waals surface area contributed by atoms with Crippen molar-refractivity contribution in [3.05, 3.63) is 52.2 Å². The van der Waals surface area contributed by atoms with Crippen LogP contribution in [0.3, 0.4) is 0 Å². The molecule has 0 saturated heterocycles. The fourth-order valence-electron chi connectivity index (χ4n) is 1.74. The number of anilines is 1. The molecular weight excluding hydrogens is 288 g/mol. The molecule has 0 spiro atoms. The van der Waals surface area contributed by atoms with Crippen LogP contribution in [0.4, 0.5) is 5.69 Å². The van der Waals surface area contributed by atoms with Gasteiger partial charge in [0.15, 0.2) is 0 Å². The zero-order valence-electron chi connectivity index (χ0n) is 11.3. The largest absolute Gasteiger partial charge is 0.392 e. The topological polar surface area (TPSA) is 78.4 Å². The first-order chi connectivity index (χ1) is 10.2. The zero-order chi connectivity index (χ0) is 15.1. The van der Waals surface area contributed by atoms with Gasteiger partial charge in [0.1, 0.15) is 0 Å². The fraction of sp³-hybridized carbons (Fsp3) is 0.200. The third-order valence-electron chi connectivity index (χ3n) is 2.89. The first kappa shape index (κ1) is 15.2. The van der Waals surface area contributed by atoms with E-state index in [0.29, 0.717) is 18.7 Å². The molecule has 2 aromatic rings. The lowest BCUT2D eigenvalue weighted by Gasteiger charge is -2.06. The van der Waals surface area contributed by atoms with Crippen molar-refractivity contribution in [1.29, 1.82) is 0 Å². The number of hydrogen-bond donors (Lipinski definition) is 3. The molecule has 1 aromatic carbocycles. The summed E-state index contributed by atoms with van der Waals surface area (Å²) in [6.07, 6.45) is 0.628. The highest BCUT2D eigenvalue weighted by atomic mass is 32.1. The van der Waals surface area contributed by atoms with Gasteiger partial charge in [-0.3, -0.25) is 9.59 Å². The molecule has 0 aliphatic heterocycles. The van der Waals surface area contributed by atoms with Crippen LogP contribution in [-0.2, 0) is 22.6 Å². The number of carbonyl (C=O) groups is 2. The average Bonchev–Trinajstić information content (AvgIpc) is 3.00. The molecule has 2 rings (SSSR count). The molecule has 21 heavy (non-hydrogen) atoms. The van der Waals surface area contributed by atoms with E-state index in [0.717, 1.165) is 11.1 Å². The van der Waals surface area contributed by atoms with Gasteiger partial charge in [-0.25, -0.2) is 0 Å². The molecule has 0 atom stereocenters. The maximum atomic E-state index is 11.6. The van der Waals surface area contributed by atoms with Crippen LogP contribution >= 0.6 is 11.3 Å². The minimum absolute atomic E-state index is 0.0137. The number of aliphatic hydroxyl groups is 1. The normalized spacial score (nSPS) is 10.1. The third kappa shape index (κ3) is 4.70. The van der Waals surface area contributed by atoms with Crippen molar-refractivity contribution in [1.82, 2.24) is 5.32 Å². The minimum Gasteiger partial charge on any atom is -0.392 e. The van der Waals surface area contributed by atoms with E-state index >= 15 is 0 Å². The lowest BCUT2D eigenvalue weighted by molar-refractivity contribution is -0.136. The minimum atomic E-state index is -0.663. The molecule has 0 saturated carbocycles. The van der Waals surface area contributed by atoms with Gasteiger partial charge in [0.2, 0.25) is 0 Å². The highest BCUT2D eigenvalue weighted by Gasteiger charge is 2.12. The van der Waals surface area contributed by atoms with E-state index in [1.54, 1.807) is 11.4 Å². The summed E-state index contributed by atoms with van der Waals surface area (Å²) in [5.41, 5.74) is 2.50. The number of nitrogens with one attached hydrogen (secondary N) is 2. The Labute approximate surface area is 126 Å². The summed E-state index contributed by atoms with van der Waals surface area (Å²) in [7, 11) is 0. The Balaban J connectivity index is 1.74. The van der Waals surface area contributed by atoms with Gasteiger partial charge in [0.05, 0.1) is 12.3 Å². The number of amides is 2. The van der Waals surface area contributed by atoms with Crippen LogP contribution in [-0.4, -0.2) is 23.5 Å². The van der Waals surface area contributed by atoms with Crippen molar-refractivity contribution >= 4 is 28.8 Å². The summed E-state index contributed by atoms with van der Waals surface area (Å²) in [6, 6.07) is 9.19. The quantitative estimate of drug-likeness (QED) is 0.733. The fourth-order valence-corrected chi connectivity index (χ4v) is 2.32. The third-order valence-corrected chi connectivity index (χ3v) is 3.57. The van der Waals surface area contributed by atoms with Crippen molar-refractivity contribution in [2.45, 2.75) is 13.0 Å². The van der Waals surface area contributed by atoms with E-state index < -0.39 is 11.8 Å². The first-order valence-corrected chi connectivity index (χ1v) is 7.43. The summed E-state index contributed by atoms with van der Waals surface area (Å²) in [5.74, 6) is -1.31. The van der Waals surface area contributed by atoms with Crippen LogP contribution in [0.5, 0.6) is 0 Å². The summed E-state index contributed by atoms with van der Waals surface area (Å²) in [5, 5.41) is 17.6. The van der Waals surface area contributed by atoms with Gasteiger partial charge < -0.3 is 15.7 Å². The monoisotopic (exact) mass is 304 g/mol. The molecule has 0 aliphatic rings. The number of hydrogen-bond acceptors (Lipinski definition) is 4. The van der Waals surface area contributed by atoms with E-state index in [9.17, 15) is 9.59 Å². The molecule has 0 unspecified atom stereocenters. The zero-order valence-corrected chi connectivity index (χ0v) is 12.2. The highest BCUT2D eigenvalue weighted by Crippen LogP contribution is 2.11. The van der Waals surface area contributed by atoms with E-state index in [4.69, 9.17) is 5.11 Å². The molecule has 5 nitrogen and oxygen atoms in total. The van der Waals surface area contributed by atoms with Gasteiger partial charge >= 0.3 is 11.8 Å². The smallest absolute Gasteiger partial charge is 0.313 e. The summed E-state index contributed by atoms with van der Waals surface area (Å²) in [4.78, 5) is 23.2. The highest BCUT2D eigenvalue weighted by molar-refractivity contribution is 7.08. The Bertz CT molecular complexity index is 594. The molecule has 6 heteroatoms. The van der Waals surface area contributed by atoms with Gasteiger partial charge in [-0.2, -0.15) is 11.3 Å². The number of rotatable bonds is 5.